The number of carboxylic acid groups (broad SMARTS) is 1. The Balaban J connectivity index is 1.55. The van der Waals surface area contributed by atoms with Gasteiger partial charge >= 0.3 is 5.97 Å². The standard InChI is InChI=1S/C24H25FN2O3/c1-26(23(28)12-7-16-5-3-2-4-6-16)18-9-11-22-20(14-18)19-13-17(25)8-10-21(19)27(22)15-24(29)30/h2-6,8,10,13,18H,7,9,11-12,14-15H2,1H3,(H,29,30). The van der Waals surface area contributed by atoms with Crippen LogP contribution >= 0.6 is 0 Å². The van der Waals surface area contributed by atoms with E-state index in [4.69, 9.17) is 0 Å². The summed E-state index contributed by atoms with van der Waals surface area (Å²) < 4.78 is 15.7. The second-order valence-corrected chi connectivity index (χ2v) is 7.95. The molecule has 4 rings (SSSR count). The number of amides is 1. The Bertz CT molecular complexity index is 1090. The minimum atomic E-state index is -0.922. The van der Waals surface area contributed by atoms with Gasteiger partial charge in [-0.15, -0.1) is 0 Å². The number of carbonyl (C=O) groups is 2. The molecule has 1 unspecified atom stereocenters. The van der Waals surface area contributed by atoms with E-state index in [0.29, 0.717) is 25.7 Å². The molecule has 156 valence electrons. The number of likely N-dealkylation sites (N-methyl/N-ethyl adjacent to an activating group) is 1. The summed E-state index contributed by atoms with van der Waals surface area (Å²) in [5.74, 6) is -1.17. The molecule has 2 aromatic carbocycles. The summed E-state index contributed by atoms with van der Waals surface area (Å²) in [6, 6.07) is 14.5. The number of fused-ring (bicyclic) bond motifs is 3. The van der Waals surface area contributed by atoms with Gasteiger partial charge in [-0.25, -0.2) is 4.39 Å². The summed E-state index contributed by atoms with van der Waals surface area (Å²) in [5.41, 5.74) is 3.78. The van der Waals surface area contributed by atoms with Crippen molar-refractivity contribution >= 4 is 22.8 Å². The fraction of sp³-hybridized carbons (Fsp3) is 0.333. The third-order valence-corrected chi connectivity index (χ3v) is 6.11. The van der Waals surface area contributed by atoms with E-state index >= 15 is 0 Å². The first kappa shape index (κ1) is 20.1. The first-order chi connectivity index (χ1) is 14.4. The fourth-order valence-corrected chi connectivity index (χ4v) is 4.53. The van der Waals surface area contributed by atoms with Crippen molar-refractivity contribution in [2.24, 2.45) is 0 Å². The number of hydrogen-bond acceptors (Lipinski definition) is 2. The molecule has 6 heteroatoms. The van der Waals surface area contributed by atoms with Crippen molar-refractivity contribution in [2.75, 3.05) is 7.05 Å². The maximum absolute atomic E-state index is 13.9. The third-order valence-electron chi connectivity index (χ3n) is 6.11. The van der Waals surface area contributed by atoms with Crippen molar-refractivity contribution in [2.45, 2.75) is 44.7 Å². The molecule has 0 fully saturated rings. The van der Waals surface area contributed by atoms with Gasteiger partial charge in [0.2, 0.25) is 5.91 Å². The molecular formula is C24H25FN2O3. The molecule has 3 aromatic rings. The van der Waals surface area contributed by atoms with Crippen LogP contribution in [0.4, 0.5) is 4.39 Å². The lowest BCUT2D eigenvalue weighted by Gasteiger charge is -2.32. The predicted octanol–water partition coefficient (Wildman–Crippen LogP) is 3.81. The highest BCUT2D eigenvalue weighted by Crippen LogP contribution is 2.34. The van der Waals surface area contributed by atoms with Crippen LogP contribution < -0.4 is 0 Å². The van der Waals surface area contributed by atoms with Gasteiger partial charge in [-0.3, -0.25) is 9.59 Å². The first-order valence-electron chi connectivity index (χ1n) is 10.2. The number of hydrogen-bond donors (Lipinski definition) is 1. The van der Waals surface area contributed by atoms with E-state index in [2.05, 4.69) is 0 Å². The lowest BCUT2D eigenvalue weighted by Crippen LogP contribution is -2.40. The van der Waals surface area contributed by atoms with E-state index in [-0.39, 0.29) is 24.3 Å². The maximum Gasteiger partial charge on any atom is 0.323 e. The molecular weight excluding hydrogens is 383 g/mol. The predicted molar refractivity (Wildman–Crippen MR) is 113 cm³/mol. The zero-order valence-corrected chi connectivity index (χ0v) is 17.0. The number of carbonyl (C=O) groups excluding carboxylic acids is 1. The molecule has 1 heterocycles. The molecule has 1 aliphatic rings. The Labute approximate surface area is 174 Å². The molecule has 0 aliphatic heterocycles. The van der Waals surface area contributed by atoms with E-state index in [1.54, 1.807) is 10.6 Å². The van der Waals surface area contributed by atoms with Crippen LogP contribution in [0, 0.1) is 5.82 Å². The van der Waals surface area contributed by atoms with Crippen LogP contribution in [0.3, 0.4) is 0 Å². The van der Waals surface area contributed by atoms with Crippen LogP contribution in [0.15, 0.2) is 48.5 Å². The van der Waals surface area contributed by atoms with Gasteiger partial charge in [0.05, 0.1) is 0 Å². The van der Waals surface area contributed by atoms with Crippen molar-refractivity contribution in [3.8, 4) is 0 Å². The van der Waals surface area contributed by atoms with Crippen LogP contribution in [0.2, 0.25) is 0 Å². The van der Waals surface area contributed by atoms with Crippen molar-refractivity contribution < 1.29 is 19.1 Å². The zero-order valence-electron chi connectivity index (χ0n) is 17.0. The maximum atomic E-state index is 13.9. The number of aliphatic carboxylic acids is 1. The molecule has 1 aromatic heterocycles. The van der Waals surface area contributed by atoms with E-state index in [0.717, 1.165) is 34.1 Å². The van der Waals surface area contributed by atoms with Gasteiger partial charge in [0.1, 0.15) is 12.4 Å². The third kappa shape index (κ3) is 3.95. The quantitative estimate of drug-likeness (QED) is 0.675. The van der Waals surface area contributed by atoms with Crippen molar-refractivity contribution in [1.29, 1.82) is 0 Å². The lowest BCUT2D eigenvalue weighted by atomic mass is 9.90. The number of carboxylic acids is 1. The molecule has 0 saturated heterocycles. The first-order valence-corrected chi connectivity index (χ1v) is 10.2. The van der Waals surface area contributed by atoms with E-state index in [9.17, 15) is 19.1 Å². The van der Waals surface area contributed by atoms with Gasteiger partial charge in [-0.05, 0) is 55.0 Å². The molecule has 0 spiro atoms. The molecule has 1 atom stereocenters. The molecule has 1 aliphatic carbocycles. The van der Waals surface area contributed by atoms with Crippen molar-refractivity contribution in [1.82, 2.24) is 9.47 Å². The summed E-state index contributed by atoms with van der Waals surface area (Å²) in [7, 11) is 1.83. The number of benzene rings is 2. The number of aromatic nitrogens is 1. The molecule has 0 bridgehead atoms. The van der Waals surface area contributed by atoms with Crippen molar-refractivity contribution in [3.05, 3.63) is 71.2 Å². The number of rotatable bonds is 6. The molecule has 30 heavy (non-hydrogen) atoms. The Kier molecular flexibility index (Phi) is 5.57. The van der Waals surface area contributed by atoms with Crippen LogP contribution in [-0.2, 0) is 35.4 Å². The van der Waals surface area contributed by atoms with Gasteiger partial charge < -0.3 is 14.6 Å². The van der Waals surface area contributed by atoms with Gasteiger partial charge in [0, 0.05) is 36.1 Å². The largest absolute Gasteiger partial charge is 0.480 e. The highest BCUT2D eigenvalue weighted by molar-refractivity contribution is 5.87. The van der Waals surface area contributed by atoms with Crippen LogP contribution in [0.25, 0.3) is 10.9 Å². The Hall–Kier alpha value is -3.15. The Morgan fingerprint density at radius 3 is 2.70 bits per heavy atom. The van der Waals surface area contributed by atoms with E-state index in [1.165, 1.54) is 12.1 Å². The number of aryl methyl sites for hydroxylation is 1. The minimum Gasteiger partial charge on any atom is -0.480 e. The highest BCUT2D eigenvalue weighted by atomic mass is 19.1. The topological polar surface area (TPSA) is 62.5 Å². The molecule has 1 amide bonds. The smallest absolute Gasteiger partial charge is 0.323 e. The number of halogens is 1. The molecule has 0 saturated carbocycles. The van der Waals surface area contributed by atoms with Gasteiger partial charge in [0.25, 0.3) is 0 Å². The Morgan fingerprint density at radius 2 is 1.97 bits per heavy atom. The normalized spacial score (nSPS) is 15.7. The lowest BCUT2D eigenvalue weighted by molar-refractivity contribution is -0.137. The van der Waals surface area contributed by atoms with Gasteiger partial charge in [-0.2, -0.15) is 0 Å². The monoisotopic (exact) mass is 408 g/mol. The summed E-state index contributed by atoms with van der Waals surface area (Å²) in [6.45, 7) is -0.145. The second kappa shape index (κ2) is 8.30. The van der Waals surface area contributed by atoms with Crippen LogP contribution in [0.1, 0.15) is 29.7 Å². The summed E-state index contributed by atoms with van der Waals surface area (Å²) >= 11 is 0. The van der Waals surface area contributed by atoms with Crippen LogP contribution in [-0.4, -0.2) is 39.5 Å². The number of nitrogens with zero attached hydrogens (tertiary/aromatic N) is 2. The average Bonchev–Trinajstić information content (AvgIpc) is 3.04. The average molecular weight is 408 g/mol. The van der Waals surface area contributed by atoms with Gasteiger partial charge in [0.15, 0.2) is 0 Å². The summed E-state index contributed by atoms with van der Waals surface area (Å²) in [6.07, 6.45) is 3.18. The molecule has 1 N–H and O–H groups in total. The minimum absolute atomic E-state index is 0.0212. The zero-order chi connectivity index (χ0) is 21.3. The molecule has 5 nitrogen and oxygen atoms in total. The fourth-order valence-electron chi connectivity index (χ4n) is 4.53. The van der Waals surface area contributed by atoms with Gasteiger partial charge in [-0.1, -0.05) is 30.3 Å². The highest BCUT2D eigenvalue weighted by Gasteiger charge is 2.30. The van der Waals surface area contributed by atoms with Crippen molar-refractivity contribution in [3.63, 3.8) is 0 Å². The summed E-state index contributed by atoms with van der Waals surface area (Å²) in [5, 5.41) is 10.1. The Morgan fingerprint density at radius 1 is 1.20 bits per heavy atom. The molecule has 0 radical (unpaired) electrons. The second-order valence-electron chi connectivity index (χ2n) is 7.95. The van der Waals surface area contributed by atoms with Crippen LogP contribution in [0.5, 0.6) is 0 Å². The SMILES string of the molecule is CN(C(=O)CCc1ccccc1)C1CCc2c(c3cc(F)ccc3n2CC(=O)O)C1. The van der Waals surface area contributed by atoms with E-state index in [1.807, 2.05) is 42.3 Å². The van der Waals surface area contributed by atoms with E-state index < -0.39 is 5.97 Å². The summed E-state index contributed by atoms with van der Waals surface area (Å²) in [4.78, 5) is 26.0.